The van der Waals surface area contributed by atoms with Gasteiger partial charge in [-0.25, -0.2) is 0 Å². The van der Waals surface area contributed by atoms with Gasteiger partial charge in [-0.3, -0.25) is 25.0 Å². The summed E-state index contributed by atoms with van der Waals surface area (Å²) in [5.41, 5.74) is 0.331. The first kappa shape index (κ1) is 18.1. The number of non-ortho nitro benzene ring substituents is 1. The van der Waals surface area contributed by atoms with Gasteiger partial charge in [-0.05, 0) is 36.1 Å². The molecule has 2 rings (SSSR count). The predicted molar refractivity (Wildman–Crippen MR) is 92.9 cm³/mol. The van der Waals surface area contributed by atoms with Gasteiger partial charge in [0.15, 0.2) is 0 Å². The normalized spacial score (nSPS) is 11.6. The Kier molecular flexibility index (Phi) is 5.43. The monoisotopic (exact) mass is 343 g/mol. The fourth-order valence-corrected chi connectivity index (χ4v) is 2.31. The summed E-state index contributed by atoms with van der Waals surface area (Å²) >= 11 is 0. The van der Waals surface area contributed by atoms with E-state index < -0.39 is 27.1 Å². The van der Waals surface area contributed by atoms with Crippen LogP contribution in [0.1, 0.15) is 42.1 Å². The number of nitro groups is 2. The molecule has 0 bridgehead atoms. The van der Waals surface area contributed by atoms with Gasteiger partial charge in [-0.2, -0.15) is 0 Å². The number of hydrogen-bond acceptors (Lipinski definition) is 5. The van der Waals surface area contributed by atoms with Gasteiger partial charge >= 0.3 is 0 Å². The van der Waals surface area contributed by atoms with Gasteiger partial charge in [0.25, 0.3) is 17.3 Å². The van der Waals surface area contributed by atoms with E-state index in [0.717, 1.165) is 30.2 Å². The molecule has 0 heterocycles. The molecule has 8 nitrogen and oxygen atoms in total. The lowest BCUT2D eigenvalue weighted by Crippen LogP contribution is -2.14. The Labute approximate surface area is 143 Å². The second kappa shape index (κ2) is 7.52. The highest BCUT2D eigenvalue weighted by Gasteiger charge is 2.24. The SMILES string of the molecule is CCC(C)c1ccc(NC(=O)c2ccc([N+](=O)[O-])cc2[N+](=O)[O-])cc1. The number of nitrogens with zero attached hydrogens (tertiary/aromatic N) is 2. The minimum absolute atomic E-state index is 0.235. The average molecular weight is 343 g/mol. The summed E-state index contributed by atoms with van der Waals surface area (Å²) in [6, 6.07) is 10.1. The number of hydrogen-bond donors (Lipinski definition) is 1. The number of carbonyl (C=O) groups is 1. The second-order valence-electron chi connectivity index (χ2n) is 5.60. The molecular formula is C17H17N3O5. The summed E-state index contributed by atoms with van der Waals surface area (Å²) in [7, 11) is 0. The summed E-state index contributed by atoms with van der Waals surface area (Å²) in [6.45, 7) is 4.17. The molecule has 8 heteroatoms. The van der Waals surface area contributed by atoms with Crippen molar-refractivity contribution in [1.82, 2.24) is 0 Å². The third-order valence-corrected chi connectivity index (χ3v) is 3.98. The standard InChI is InChI=1S/C17H17N3O5/c1-3-11(2)12-4-6-13(7-5-12)18-17(21)15-9-8-14(19(22)23)10-16(15)20(24)25/h4-11H,3H2,1-2H3,(H,18,21). The minimum Gasteiger partial charge on any atom is -0.322 e. The van der Waals surface area contributed by atoms with Crippen LogP contribution in [0.3, 0.4) is 0 Å². The number of carbonyl (C=O) groups excluding carboxylic acids is 1. The lowest BCUT2D eigenvalue weighted by atomic mass is 9.98. The summed E-state index contributed by atoms with van der Waals surface area (Å²) in [6.07, 6.45) is 0.987. The quantitative estimate of drug-likeness (QED) is 0.621. The van der Waals surface area contributed by atoms with Crippen LogP contribution in [0, 0.1) is 20.2 Å². The van der Waals surface area contributed by atoms with E-state index in [1.54, 1.807) is 12.1 Å². The van der Waals surface area contributed by atoms with Gasteiger partial charge in [0.05, 0.1) is 15.9 Å². The third-order valence-electron chi connectivity index (χ3n) is 3.98. The van der Waals surface area contributed by atoms with Crippen molar-refractivity contribution in [1.29, 1.82) is 0 Å². The number of amides is 1. The van der Waals surface area contributed by atoms with E-state index >= 15 is 0 Å². The zero-order valence-corrected chi connectivity index (χ0v) is 13.8. The van der Waals surface area contributed by atoms with E-state index in [9.17, 15) is 25.0 Å². The maximum atomic E-state index is 12.3. The Morgan fingerprint density at radius 3 is 2.24 bits per heavy atom. The van der Waals surface area contributed by atoms with E-state index in [-0.39, 0.29) is 5.56 Å². The summed E-state index contributed by atoms with van der Waals surface area (Å²) < 4.78 is 0. The summed E-state index contributed by atoms with van der Waals surface area (Å²) in [5.74, 6) is -0.307. The maximum absolute atomic E-state index is 12.3. The highest BCUT2D eigenvalue weighted by molar-refractivity contribution is 6.07. The van der Waals surface area contributed by atoms with Gasteiger partial charge in [0, 0.05) is 11.8 Å². The highest BCUT2D eigenvalue weighted by Crippen LogP contribution is 2.26. The molecule has 130 valence electrons. The molecule has 0 radical (unpaired) electrons. The lowest BCUT2D eigenvalue weighted by molar-refractivity contribution is -0.394. The minimum atomic E-state index is -0.812. The van der Waals surface area contributed by atoms with Crippen molar-refractivity contribution >= 4 is 23.0 Å². The molecule has 1 N–H and O–H groups in total. The number of benzene rings is 2. The van der Waals surface area contributed by atoms with Crippen LogP contribution in [0.15, 0.2) is 42.5 Å². The molecule has 1 atom stereocenters. The Balaban J connectivity index is 2.26. The molecule has 0 spiro atoms. The molecule has 2 aromatic rings. The number of anilines is 1. The largest absolute Gasteiger partial charge is 0.322 e. The molecule has 2 aromatic carbocycles. The van der Waals surface area contributed by atoms with Gasteiger partial charge < -0.3 is 5.32 Å². The van der Waals surface area contributed by atoms with E-state index in [2.05, 4.69) is 19.2 Å². The second-order valence-corrected chi connectivity index (χ2v) is 5.60. The summed E-state index contributed by atoms with van der Waals surface area (Å²) in [5, 5.41) is 24.4. The molecule has 1 unspecified atom stereocenters. The zero-order chi connectivity index (χ0) is 18.6. The van der Waals surface area contributed by atoms with Crippen LogP contribution in [0.4, 0.5) is 17.1 Å². The van der Waals surface area contributed by atoms with Gasteiger partial charge in [-0.1, -0.05) is 26.0 Å². The van der Waals surface area contributed by atoms with Crippen LogP contribution in [0.2, 0.25) is 0 Å². The van der Waals surface area contributed by atoms with Crippen molar-refractivity contribution < 1.29 is 14.6 Å². The molecule has 0 fully saturated rings. The van der Waals surface area contributed by atoms with E-state index in [1.807, 2.05) is 12.1 Å². The van der Waals surface area contributed by atoms with E-state index in [0.29, 0.717) is 11.6 Å². The third kappa shape index (κ3) is 4.17. The molecule has 0 aliphatic rings. The van der Waals surface area contributed by atoms with Gasteiger partial charge in [-0.15, -0.1) is 0 Å². The molecule has 0 aliphatic carbocycles. The van der Waals surface area contributed by atoms with Crippen LogP contribution < -0.4 is 5.32 Å². The van der Waals surface area contributed by atoms with Crippen LogP contribution in [0.25, 0.3) is 0 Å². The van der Waals surface area contributed by atoms with E-state index in [1.165, 1.54) is 0 Å². The smallest absolute Gasteiger partial charge is 0.289 e. The van der Waals surface area contributed by atoms with Crippen molar-refractivity contribution in [2.45, 2.75) is 26.2 Å². The lowest BCUT2D eigenvalue weighted by Gasteiger charge is -2.10. The zero-order valence-electron chi connectivity index (χ0n) is 13.8. The number of nitrogens with one attached hydrogen (secondary N) is 1. The molecule has 25 heavy (non-hydrogen) atoms. The van der Waals surface area contributed by atoms with Crippen molar-refractivity contribution in [3.8, 4) is 0 Å². The molecule has 0 saturated carbocycles. The van der Waals surface area contributed by atoms with Gasteiger partial charge in [0.2, 0.25) is 0 Å². The molecule has 1 amide bonds. The van der Waals surface area contributed by atoms with Crippen LogP contribution >= 0.6 is 0 Å². The predicted octanol–water partition coefficient (Wildman–Crippen LogP) is 4.27. The first-order chi connectivity index (χ1) is 11.8. The Morgan fingerprint density at radius 1 is 1.08 bits per heavy atom. The average Bonchev–Trinajstić information content (AvgIpc) is 2.60. The molecular weight excluding hydrogens is 326 g/mol. The van der Waals surface area contributed by atoms with Crippen LogP contribution in [-0.2, 0) is 0 Å². The van der Waals surface area contributed by atoms with Gasteiger partial charge in [0.1, 0.15) is 5.56 Å². The van der Waals surface area contributed by atoms with Crippen LogP contribution in [0.5, 0.6) is 0 Å². The number of rotatable bonds is 6. The van der Waals surface area contributed by atoms with Crippen molar-refractivity contribution in [3.63, 3.8) is 0 Å². The Bertz CT molecular complexity index is 818. The first-order valence-electron chi connectivity index (χ1n) is 7.67. The van der Waals surface area contributed by atoms with E-state index in [4.69, 9.17) is 0 Å². The molecule has 0 aliphatic heterocycles. The Hall–Kier alpha value is -3.29. The fraction of sp³-hybridized carbons (Fsp3) is 0.235. The van der Waals surface area contributed by atoms with Crippen molar-refractivity contribution in [2.24, 2.45) is 0 Å². The maximum Gasteiger partial charge on any atom is 0.289 e. The van der Waals surface area contributed by atoms with Crippen molar-refractivity contribution in [2.75, 3.05) is 5.32 Å². The topological polar surface area (TPSA) is 115 Å². The molecule has 0 aromatic heterocycles. The fourth-order valence-electron chi connectivity index (χ4n) is 2.31. The Morgan fingerprint density at radius 2 is 1.72 bits per heavy atom. The number of nitro benzene ring substituents is 2. The highest BCUT2D eigenvalue weighted by atomic mass is 16.6. The van der Waals surface area contributed by atoms with Crippen LogP contribution in [-0.4, -0.2) is 15.8 Å². The van der Waals surface area contributed by atoms with Crippen molar-refractivity contribution in [3.05, 3.63) is 73.8 Å². The molecule has 0 saturated heterocycles. The first-order valence-corrected chi connectivity index (χ1v) is 7.67. The summed E-state index contributed by atoms with van der Waals surface area (Å²) in [4.78, 5) is 32.6.